The molecule has 0 aliphatic rings. The highest BCUT2D eigenvalue weighted by Crippen LogP contribution is 2.27. The van der Waals surface area contributed by atoms with E-state index >= 15 is 0 Å². The van der Waals surface area contributed by atoms with Gasteiger partial charge in [-0.2, -0.15) is 5.26 Å². The molecule has 0 fully saturated rings. The summed E-state index contributed by atoms with van der Waals surface area (Å²) in [6.07, 6.45) is 0.565. The summed E-state index contributed by atoms with van der Waals surface area (Å²) in [4.78, 5) is 11.9. The first-order valence-electron chi connectivity index (χ1n) is 5.58. The molecular weight excluding hydrogens is 232 g/mol. The number of methoxy groups -OCH3 is 2. The van der Waals surface area contributed by atoms with Crippen molar-refractivity contribution in [3.8, 4) is 17.6 Å². The first-order valence-corrected chi connectivity index (χ1v) is 5.58. The van der Waals surface area contributed by atoms with Crippen LogP contribution in [0.3, 0.4) is 0 Å². The summed E-state index contributed by atoms with van der Waals surface area (Å²) < 4.78 is 10.2. The molecule has 1 atom stereocenters. The zero-order valence-corrected chi connectivity index (χ0v) is 10.7. The number of nitriles is 1. The predicted octanol–water partition coefficient (Wildman–Crippen LogP) is 1.74. The molecule has 0 saturated carbocycles. The van der Waals surface area contributed by atoms with E-state index in [-0.39, 0.29) is 5.91 Å². The zero-order valence-electron chi connectivity index (χ0n) is 10.7. The van der Waals surface area contributed by atoms with Gasteiger partial charge in [-0.1, -0.05) is 6.92 Å². The molecule has 0 spiro atoms. The van der Waals surface area contributed by atoms with Crippen molar-refractivity contribution in [3.63, 3.8) is 0 Å². The molecule has 0 bridgehead atoms. The summed E-state index contributed by atoms with van der Waals surface area (Å²) in [5.41, 5.74) is 0.432. The Kier molecular flexibility index (Phi) is 5.00. The molecule has 1 aromatic rings. The number of amides is 1. The van der Waals surface area contributed by atoms with Gasteiger partial charge in [-0.3, -0.25) is 4.79 Å². The molecule has 5 nitrogen and oxygen atoms in total. The van der Waals surface area contributed by atoms with E-state index in [1.807, 2.05) is 13.0 Å². The fraction of sp³-hybridized carbons (Fsp3) is 0.385. The van der Waals surface area contributed by atoms with Gasteiger partial charge in [0.1, 0.15) is 6.04 Å². The number of hydrogen-bond donors (Lipinski definition) is 1. The molecular formula is C13H16N2O3. The molecule has 96 valence electrons. The van der Waals surface area contributed by atoms with Crippen molar-refractivity contribution < 1.29 is 14.3 Å². The Morgan fingerprint density at radius 3 is 2.56 bits per heavy atom. The van der Waals surface area contributed by atoms with Crippen molar-refractivity contribution in [1.29, 1.82) is 5.26 Å². The fourth-order valence-corrected chi connectivity index (χ4v) is 1.44. The number of benzene rings is 1. The smallest absolute Gasteiger partial charge is 0.252 e. The molecule has 1 unspecified atom stereocenters. The van der Waals surface area contributed by atoms with Gasteiger partial charge in [0.05, 0.1) is 20.3 Å². The largest absolute Gasteiger partial charge is 0.493 e. The second kappa shape index (κ2) is 6.50. The van der Waals surface area contributed by atoms with Crippen molar-refractivity contribution in [3.05, 3.63) is 23.8 Å². The Bertz CT molecular complexity index is 466. The van der Waals surface area contributed by atoms with Gasteiger partial charge >= 0.3 is 0 Å². The summed E-state index contributed by atoms with van der Waals surface area (Å²) in [5.74, 6) is 0.737. The Morgan fingerprint density at radius 2 is 2.06 bits per heavy atom. The molecule has 0 aromatic heterocycles. The van der Waals surface area contributed by atoms with Crippen LogP contribution in [-0.2, 0) is 0 Å². The van der Waals surface area contributed by atoms with Crippen LogP contribution in [0.5, 0.6) is 11.5 Å². The third-order valence-electron chi connectivity index (χ3n) is 2.52. The van der Waals surface area contributed by atoms with E-state index in [2.05, 4.69) is 5.32 Å². The molecule has 0 saturated heterocycles. The monoisotopic (exact) mass is 248 g/mol. The van der Waals surface area contributed by atoms with E-state index in [9.17, 15) is 4.79 Å². The van der Waals surface area contributed by atoms with Crippen LogP contribution in [-0.4, -0.2) is 26.2 Å². The Morgan fingerprint density at radius 1 is 1.39 bits per heavy atom. The van der Waals surface area contributed by atoms with Crippen molar-refractivity contribution in [2.45, 2.75) is 19.4 Å². The lowest BCUT2D eigenvalue weighted by atomic mass is 10.1. The van der Waals surface area contributed by atoms with Crippen LogP contribution in [0.2, 0.25) is 0 Å². The number of carbonyl (C=O) groups is 1. The maximum atomic E-state index is 11.9. The van der Waals surface area contributed by atoms with Crippen LogP contribution in [0.15, 0.2) is 18.2 Å². The van der Waals surface area contributed by atoms with Gasteiger partial charge in [0.25, 0.3) is 5.91 Å². The molecule has 1 rings (SSSR count). The van der Waals surface area contributed by atoms with Gasteiger partial charge in [0, 0.05) is 5.56 Å². The third kappa shape index (κ3) is 3.14. The number of carbonyl (C=O) groups excluding carboxylic acids is 1. The lowest BCUT2D eigenvalue weighted by Crippen LogP contribution is -2.33. The molecule has 0 aliphatic heterocycles. The molecule has 0 aliphatic carbocycles. The Labute approximate surface area is 106 Å². The maximum Gasteiger partial charge on any atom is 0.252 e. The van der Waals surface area contributed by atoms with Gasteiger partial charge in [0.15, 0.2) is 11.5 Å². The molecule has 5 heteroatoms. The average molecular weight is 248 g/mol. The van der Waals surface area contributed by atoms with Crippen LogP contribution in [0.1, 0.15) is 23.7 Å². The minimum Gasteiger partial charge on any atom is -0.493 e. The SMILES string of the molecule is CCC(C#N)NC(=O)c1ccc(OC)c(OC)c1. The Hall–Kier alpha value is -2.22. The molecule has 0 heterocycles. The van der Waals surface area contributed by atoms with Gasteiger partial charge in [-0.15, -0.1) is 0 Å². The van der Waals surface area contributed by atoms with E-state index in [1.165, 1.54) is 14.2 Å². The molecule has 18 heavy (non-hydrogen) atoms. The highest BCUT2D eigenvalue weighted by Gasteiger charge is 2.13. The first-order chi connectivity index (χ1) is 8.65. The van der Waals surface area contributed by atoms with Gasteiger partial charge in [-0.05, 0) is 24.6 Å². The minimum atomic E-state index is -0.481. The second-order valence-corrected chi connectivity index (χ2v) is 3.63. The lowest BCUT2D eigenvalue weighted by Gasteiger charge is -2.11. The minimum absolute atomic E-state index is 0.302. The van der Waals surface area contributed by atoms with Gasteiger partial charge in [-0.25, -0.2) is 0 Å². The predicted molar refractivity (Wildman–Crippen MR) is 66.7 cm³/mol. The van der Waals surface area contributed by atoms with E-state index in [0.717, 1.165) is 0 Å². The van der Waals surface area contributed by atoms with E-state index in [1.54, 1.807) is 18.2 Å². The normalized spacial score (nSPS) is 11.2. The van der Waals surface area contributed by atoms with E-state index < -0.39 is 6.04 Å². The number of nitrogens with zero attached hydrogens (tertiary/aromatic N) is 1. The number of hydrogen-bond acceptors (Lipinski definition) is 4. The van der Waals surface area contributed by atoms with Crippen molar-refractivity contribution in [1.82, 2.24) is 5.32 Å². The van der Waals surface area contributed by atoms with Crippen LogP contribution in [0.25, 0.3) is 0 Å². The highest BCUT2D eigenvalue weighted by molar-refractivity contribution is 5.95. The summed E-state index contributed by atoms with van der Waals surface area (Å²) in [6.45, 7) is 1.84. The first kappa shape index (κ1) is 13.8. The maximum absolute atomic E-state index is 11.9. The second-order valence-electron chi connectivity index (χ2n) is 3.63. The van der Waals surface area contributed by atoms with Crippen LogP contribution >= 0.6 is 0 Å². The summed E-state index contributed by atoms with van der Waals surface area (Å²) in [5, 5.41) is 11.4. The lowest BCUT2D eigenvalue weighted by molar-refractivity contribution is 0.0944. The quantitative estimate of drug-likeness (QED) is 0.861. The fourth-order valence-electron chi connectivity index (χ4n) is 1.44. The molecule has 1 N–H and O–H groups in total. The van der Waals surface area contributed by atoms with Crippen LogP contribution in [0.4, 0.5) is 0 Å². The number of ether oxygens (including phenoxy) is 2. The average Bonchev–Trinajstić information content (AvgIpc) is 2.43. The molecule has 1 amide bonds. The Balaban J connectivity index is 2.90. The standard InChI is InChI=1S/C13H16N2O3/c1-4-10(8-14)15-13(16)9-5-6-11(17-2)12(7-9)18-3/h5-7,10H,4H2,1-3H3,(H,15,16). The highest BCUT2D eigenvalue weighted by atomic mass is 16.5. The molecule has 0 radical (unpaired) electrons. The van der Waals surface area contributed by atoms with Crippen LogP contribution < -0.4 is 14.8 Å². The van der Waals surface area contributed by atoms with E-state index in [0.29, 0.717) is 23.5 Å². The topological polar surface area (TPSA) is 71.4 Å². The zero-order chi connectivity index (χ0) is 13.5. The van der Waals surface area contributed by atoms with Crippen molar-refractivity contribution in [2.24, 2.45) is 0 Å². The number of nitrogens with one attached hydrogen (secondary N) is 1. The third-order valence-corrected chi connectivity index (χ3v) is 2.52. The van der Waals surface area contributed by atoms with Gasteiger partial charge in [0.2, 0.25) is 0 Å². The summed E-state index contributed by atoms with van der Waals surface area (Å²) in [6, 6.07) is 6.40. The van der Waals surface area contributed by atoms with Crippen molar-refractivity contribution in [2.75, 3.05) is 14.2 Å². The van der Waals surface area contributed by atoms with Gasteiger partial charge < -0.3 is 14.8 Å². The summed E-state index contributed by atoms with van der Waals surface area (Å²) in [7, 11) is 3.03. The van der Waals surface area contributed by atoms with E-state index in [4.69, 9.17) is 14.7 Å². The summed E-state index contributed by atoms with van der Waals surface area (Å²) >= 11 is 0. The number of rotatable bonds is 5. The van der Waals surface area contributed by atoms with Crippen LogP contribution in [0, 0.1) is 11.3 Å². The molecule has 1 aromatic carbocycles. The van der Waals surface area contributed by atoms with Crippen molar-refractivity contribution >= 4 is 5.91 Å².